The highest BCUT2D eigenvalue weighted by Crippen LogP contribution is 2.10. The molecule has 1 aromatic heterocycles. The molecule has 0 aliphatic rings. The average Bonchev–Trinajstić information content (AvgIpc) is 2.85. The van der Waals surface area contributed by atoms with Crippen molar-refractivity contribution in [2.75, 3.05) is 6.54 Å². The molecule has 0 saturated heterocycles. The number of hydrogen-bond donors (Lipinski definition) is 4. The van der Waals surface area contributed by atoms with Crippen molar-refractivity contribution in [3.8, 4) is 0 Å². The highest BCUT2D eigenvalue weighted by molar-refractivity contribution is 9.10. The summed E-state index contributed by atoms with van der Waals surface area (Å²) >= 11 is 3.21. The SMILES string of the molecule is CC(C)(C)OC(=O)NCCCC(=O)NNC(=O)c1cc(Br)c[nH]1. The first-order valence-electron chi connectivity index (χ1n) is 7.07. The Morgan fingerprint density at radius 1 is 1.26 bits per heavy atom. The summed E-state index contributed by atoms with van der Waals surface area (Å²) in [6.07, 6.45) is 1.67. The van der Waals surface area contributed by atoms with Crippen LogP contribution in [-0.4, -0.2) is 35.0 Å². The van der Waals surface area contributed by atoms with Gasteiger partial charge >= 0.3 is 6.09 Å². The second-order valence-corrected chi connectivity index (χ2v) is 6.68. The van der Waals surface area contributed by atoms with Gasteiger partial charge in [0, 0.05) is 23.6 Å². The standard InChI is InChI=1S/C14H21BrN4O4/c1-14(2,3)23-13(22)16-6-4-5-11(20)18-19-12(21)10-7-9(15)8-17-10/h7-8,17H,4-6H2,1-3H3,(H,16,22)(H,18,20)(H,19,21). The van der Waals surface area contributed by atoms with Gasteiger partial charge in [0.15, 0.2) is 0 Å². The Balaban J connectivity index is 2.15. The predicted molar refractivity (Wildman–Crippen MR) is 87.6 cm³/mol. The second-order valence-electron chi connectivity index (χ2n) is 5.77. The largest absolute Gasteiger partial charge is 0.444 e. The third kappa shape index (κ3) is 8.24. The van der Waals surface area contributed by atoms with Gasteiger partial charge in [-0.05, 0) is 49.2 Å². The smallest absolute Gasteiger partial charge is 0.407 e. The lowest BCUT2D eigenvalue weighted by molar-refractivity contribution is -0.121. The van der Waals surface area contributed by atoms with Crippen LogP contribution in [0.4, 0.5) is 4.79 Å². The van der Waals surface area contributed by atoms with Crippen LogP contribution in [0.1, 0.15) is 44.1 Å². The number of carbonyl (C=O) groups is 3. The minimum Gasteiger partial charge on any atom is -0.444 e. The zero-order valence-electron chi connectivity index (χ0n) is 13.3. The molecule has 23 heavy (non-hydrogen) atoms. The van der Waals surface area contributed by atoms with E-state index in [0.29, 0.717) is 18.7 Å². The normalized spacial score (nSPS) is 10.8. The van der Waals surface area contributed by atoms with Crippen LogP contribution in [0.3, 0.4) is 0 Å². The molecule has 8 nitrogen and oxygen atoms in total. The van der Waals surface area contributed by atoms with Crippen LogP contribution < -0.4 is 16.2 Å². The maximum atomic E-state index is 11.7. The van der Waals surface area contributed by atoms with E-state index in [4.69, 9.17) is 4.74 Å². The van der Waals surface area contributed by atoms with Crippen molar-refractivity contribution in [2.24, 2.45) is 0 Å². The molecular formula is C14H21BrN4O4. The van der Waals surface area contributed by atoms with Crippen LogP contribution in [0, 0.1) is 0 Å². The summed E-state index contributed by atoms with van der Waals surface area (Å²) in [6, 6.07) is 1.59. The van der Waals surface area contributed by atoms with Crippen molar-refractivity contribution in [1.82, 2.24) is 21.2 Å². The highest BCUT2D eigenvalue weighted by Gasteiger charge is 2.15. The minimum atomic E-state index is -0.557. The number of ether oxygens (including phenoxy) is 1. The summed E-state index contributed by atoms with van der Waals surface area (Å²) in [4.78, 5) is 37.4. The fourth-order valence-electron chi connectivity index (χ4n) is 1.51. The molecule has 0 aliphatic carbocycles. The molecule has 4 N–H and O–H groups in total. The molecule has 0 fully saturated rings. The highest BCUT2D eigenvalue weighted by atomic mass is 79.9. The first-order chi connectivity index (χ1) is 10.7. The molecule has 9 heteroatoms. The second kappa shape index (κ2) is 8.56. The van der Waals surface area contributed by atoms with Gasteiger partial charge in [-0.3, -0.25) is 20.4 Å². The molecule has 1 rings (SSSR count). The van der Waals surface area contributed by atoms with Crippen molar-refractivity contribution in [3.63, 3.8) is 0 Å². The summed E-state index contributed by atoms with van der Waals surface area (Å²) in [5.41, 5.74) is 4.35. The number of aromatic amines is 1. The third-order valence-electron chi connectivity index (χ3n) is 2.46. The fraction of sp³-hybridized carbons (Fsp3) is 0.500. The number of amides is 3. The van der Waals surface area contributed by atoms with Crippen LogP contribution >= 0.6 is 15.9 Å². The van der Waals surface area contributed by atoms with Crippen LogP contribution in [0.5, 0.6) is 0 Å². The fourth-order valence-corrected chi connectivity index (χ4v) is 1.85. The quantitative estimate of drug-likeness (QED) is 0.455. The van der Waals surface area contributed by atoms with Gasteiger partial charge in [0.1, 0.15) is 11.3 Å². The lowest BCUT2D eigenvalue weighted by atomic mass is 10.2. The molecule has 0 bridgehead atoms. The molecule has 0 radical (unpaired) electrons. The molecular weight excluding hydrogens is 368 g/mol. The lowest BCUT2D eigenvalue weighted by Gasteiger charge is -2.19. The number of hydrogen-bond acceptors (Lipinski definition) is 4. The summed E-state index contributed by atoms with van der Waals surface area (Å²) in [5.74, 6) is -0.800. The maximum Gasteiger partial charge on any atom is 0.407 e. The molecule has 0 spiro atoms. The first-order valence-corrected chi connectivity index (χ1v) is 7.86. The van der Waals surface area contributed by atoms with Crippen LogP contribution in [0.15, 0.2) is 16.7 Å². The van der Waals surface area contributed by atoms with Gasteiger partial charge in [0.2, 0.25) is 5.91 Å². The molecule has 128 valence electrons. The summed E-state index contributed by atoms with van der Waals surface area (Å²) < 4.78 is 5.80. The van der Waals surface area contributed by atoms with Gasteiger partial charge in [-0.1, -0.05) is 0 Å². The Morgan fingerprint density at radius 3 is 2.52 bits per heavy atom. The summed E-state index contributed by atoms with van der Waals surface area (Å²) in [6.45, 7) is 5.61. The van der Waals surface area contributed by atoms with Gasteiger partial charge in [0.05, 0.1) is 0 Å². The van der Waals surface area contributed by atoms with Gasteiger partial charge in [-0.25, -0.2) is 4.79 Å². The predicted octanol–water partition coefficient (Wildman–Crippen LogP) is 1.84. The van der Waals surface area contributed by atoms with Gasteiger partial charge in [-0.2, -0.15) is 0 Å². The number of carbonyl (C=O) groups excluding carboxylic acids is 3. The Hall–Kier alpha value is -2.03. The number of nitrogens with one attached hydrogen (secondary N) is 4. The Labute approximate surface area is 142 Å². The topological polar surface area (TPSA) is 112 Å². The molecule has 1 heterocycles. The lowest BCUT2D eigenvalue weighted by Crippen LogP contribution is -2.42. The number of H-pyrrole nitrogens is 1. The van der Waals surface area contributed by atoms with E-state index in [1.807, 2.05) is 0 Å². The van der Waals surface area contributed by atoms with E-state index in [0.717, 1.165) is 4.47 Å². The number of aromatic nitrogens is 1. The minimum absolute atomic E-state index is 0.157. The zero-order chi connectivity index (χ0) is 17.5. The number of alkyl carbamates (subject to hydrolysis) is 1. The maximum absolute atomic E-state index is 11.7. The van der Waals surface area contributed by atoms with E-state index in [2.05, 4.69) is 37.1 Å². The van der Waals surface area contributed by atoms with Crippen LogP contribution in [0.25, 0.3) is 0 Å². The van der Waals surface area contributed by atoms with Crippen LogP contribution in [0.2, 0.25) is 0 Å². The van der Waals surface area contributed by atoms with E-state index < -0.39 is 17.6 Å². The van der Waals surface area contributed by atoms with Gasteiger partial charge in [0.25, 0.3) is 5.91 Å². The van der Waals surface area contributed by atoms with Crippen molar-refractivity contribution in [3.05, 3.63) is 22.4 Å². The number of halogens is 1. The zero-order valence-corrected chi connectivity index (χ0v) is 14.9. The number of hydrazine groups is 1. The van der Waals surface area contributed by atoms with E-state index in [9.17, 15) is 14.4 Å². The Bertz CT molecular complexity index is 565. The van der Waals surface area contributed by atoms with Crippen molar-refractivity contribution >= 4 is 33.8 Å². The van der Waals surface area contributed by atoms with E-state index >= 15 is 0 Å². The number of rotatable bonds is 5. The third-order valence-corrected chi connectivity index (χ3v) is 2.91. The Morgan fingerprint density at radius 2 is 1.96 bits per heavy atom. The molecule has 0 unspecified atom stereocenters. The summed E-state index contributed by atoms with van der Waals surface area (Å²) in [7, 11) is 0. The van der Waals surface area contributed by atoms with E-state index in [-0.39, 0.29) is 12.3 Å². The first kappa shape index (κ1) is 19.0. The van der Waals surface area contributed by atoms with E-state index in [1.54, 1.807) is 33.0 Å². The molecule has 0 aromatic carbocycles. The summed E-state index contributed by atoms with van der Waals surface area (Å²) in [5, 5.41) is 2.55. The van der Waals surface area contributed by atoms with Crippen LogP contribution in [-0.2, 0) is 9.53 Å². The molecule has 0 aliphatic heterocycles. The van der Waals surface area contributed by atoms with Crippen molar-refractivity contribution in [1.29, 1.82) is 0 Å². The van der Waals surface area contributed by atoms with Crippen molar-refractivity contribution < 1.29 is 19.1 Å². The molecule has 0 atom stereocenters. The molecule has 0 saturated carbocycles. The van der Waals surface area contributed by atoms with Crippen molar-refractivity contribution in [2.45, 2.75) is 39.2 Å². The Kier molecular flexibility index (Phi) is 7.08. The monoisotopic (exact) mass is 388 g/mol. The average molecular weight is 389 g/mol. The van der Waals surface area contributed by atoms with Gasteiger partial charge < -0.3 is 15.0 Å². The molecule has 1 aromatic rings. The van der Waals surface area contributed by atoms with E-state index in [1.165, 1.54) is 0 Å². The molecule has 3 amide bonds. The van der Waals surface area contributed by atoms with Gasteiger partial charge in [-0.15, -0.1) is 0 Å².